The summed E-state index contributed by atoms with van der Waals surface area (Å²) in [6.45, 7) is 2.55. The van der Waals surface area contributed by atoms with Gasteiger partial charge in [0.2, 0.25) is 0 Å². The quantitative estimate of drug-likeness (QED) is 0.705. The lowest BCUT2D eigenvalue weighted by Crippen LogP contribution is -2.14. The fourth-order valence-electron chi connectivity index (χ4n) is 2.56. The molecular weight excluding hydrogens is 336 g/mol. The average Bonchev–Trinajstić information content (AvgIpc) is 3.10. The predicted octanol–water partition coefficient (Wildman–Crippen LogP) is 3.78. The molecule has 3 rings (SSSR count). The summed E-state index contributed by atoms with van der Waals surface area (Å²) in [5.74, 6) is 0.609. The molecule has 0 spiro atoms. The number of furan rings is 1. The van der Waals surface area contributed by atoms with Crippen LogP contribution in [0, 0.1) is 6.92 Å². The SMILES string of the molecule is CNCc1ccc(-c2ccco2)c(NS(=O)(=O)c2ccc(C)cc2)c1. The van der Waals surface area contributed by atoms with Gasteiger partial charge in [-0.3, -0.25) is 4.72 Å². The van der Waals surface area contributed by atoms with E-state index in [0.29, 0.717) is 23.6 Å². The molecule has 0 fully saturated rings. The summed E-state index contributed by atoms with van der Waals surface area (Å²) < 4.78 is 33.6. The van der Waals surface area contributed by atoms with Crippen molar-refractivity contribution in [2.75, 3.05) is 11.8 Å². The maximum absolute atomic E-state index is 12.7. The molecule has 0 amide bonds. The zero-order chi connectivity index (χ0) is 17.9. The lowest BCUT2D eigenvalue weighted by molar-refractivity contribution is 0.582. The van der Waals surface area contributed by atoms with Crippen LogP contribution in [-0.2, 0) is 16.6 Å². The Morgan fingerprint density at radius 1 is 1.04 bits per heavy atom. The first-order chi connectivity index (χ1) is 12.0. The van der Waals surface area contributed by atoms with Gasteiger partial charge in [0.1, 0.15) is 5.76 Å². The minimum atomic E-state index is -3.69. The van der Waals surface area contributed by atoms with Gasteiger partial charge in [-0.25, -0.2) is 8.42 Å². The molecular formula is C19H20N2O3S. The number of rotatable bonds is 6. The summed E-state index contributed by atoms with van der Waals surface area (Å²) in [6, 6.07) is 15.9. The third kappa shape index (κ3) is 3.92. The van der Waals surface area contributed by atoms with Gasteiger partial charge in [0, 0.05) is 12.1 Å². The van der Waals surface area contributed by atoms with E-state index >= 15 is 0 Å². The van der Waals surface area contributed by atoms with Gasteiger partial charge in [0.25, 0.3) is 10.0 Å². The molecule has 25 heavy (non-hydrogen) atoms. The van der Waals surface area contributed by atoms with Crippen molar-refractivity contribution in [3.05, 3.63) is 72.0 Å². The van der Waals surface area contributed by atoms with Crippen molar-refractivity contribution in [1.29, 1.82) is 0 Å². The number of aryl methyl sites for hydroxylation is 1. The molecule has 0 bridgehead atoms. The smallest absolute Gasteiger partial charge is 0.261 e. The predicted molar refractivity (Wildman–Crippen MR) is 98.9 cm³/mol. The molecule has 1 aromatic heterocycles. The van der Waals surface area contributed by atoms with E-state index in [4.69, 9.17) is 4.42 Å². The second kappa shape index (κ2) is 7.13. The highest BCUT2D eigenvalue weighted by Crippen LogP contribution is 2.31. The Balaban J connectivity index is 2.02. The summed E-state index contributed by atoms with van der Waals surface area (Å²) >= 11 is 0. The summed E-state index contributed by atoms with van der Waals surface area (Å²) in [4.78, 5) is 0.225. The molecule has 0 aliphatic rings. The van der Waals surface area contributed by atoms with Crippen LogP contribution in [-0.4, -0.2) is 15.5 Å². The first kappa shape index (κ1) is 17.3. The van der Waals surface area contributed by atoms with E-state index in [-0.39, 0.29) is 4.90 Å². The monoisotopic (exact) mass is 356 g/mol. The highest BCUT2D eigenvalue weighted by atomic mass is 32.2. The standard InChI is InChI=1S/C19H20N2O3S/c1-14-5-8-16(9-6-14)25(22,23)21-18-12-15(13-20-2)7-10-17(18)19-4-3-11-24-19/h3-12,20-21H,13H2,1-2H3. The molecule has 0 atom stereocenters. The van der Waals surface area contributed by atoms with Gasteiger partial charge in [-0.15, -0.1) is 0 Å². The van der Waals surface area contributed by atoms with Gasteiger partial charge in [0.15, 0.2) is 0 Å². The van der Waals surface area contributed by atoms with Crippen molar-refractivity contribution >= 4 is 15.7 Å². The number of hydrogen-bond acceptors (Lipinski definition) is 4. The average molecular weight is 356 g/mol. The molecule has 2 aromatic carbocycles. The van der Waals surface area contributed by atoms with Crippen molar-refractivity contribution in [1.82, 2.24) is 5.32 Å². The van der Waals surface area contributed by atoms with Gasteiger partial charge < -0.3 is 9.73 Å². The Morgan fingerprint density at radius 3 is 2.44 bits per heavy atom. The first-order valence-corrected chi connectivity index (χ1v) is 9.39. The molecule has 6 heteroatoms. The number of sulfonamides is 1. The van der Waals surface area contributed by atoms with Crippen LogP contribution in [0.2, 0.25) is 0 Å². The largest absolute Gasteiger partial charge is 0.464 e. The van der Waals surface area contributed by atoms with Gasteiger partial charge >= 0.3 is 0 Å². The maximum atomic E-state index is 12.7. The van der Waals surface area contributed by atoms with Gasteiger partial charge in [0.05, 0.1) is 16.8 Å². The van der Waals surface area contributed by atoms with Gasteiger partial charge in [-0.2, -0.15) is 0 Å². The van der Waals surface area contributed by atoms with Crippen LogP contribution in [0.1, 0.15) is 11.1 Å². The Hall–Kier alpha value is -2.57. The molecule has 3 aromatic rings. The first-order valence-electron chi connectivity index (χ1n) is 7.90. The molecule has 0 saturated carbocycles. The Bertz CT molecular complexity index is 947. The van der Waals surface area contributed by atoms with Crippen LogP contribution in [0.5, 0.6) is 0 Å². The topological polar surface area (TPSA) is 71.3 Å². The molecule has 5 nitrogen and oxygen atoms in total. The van der Waals surface area contributed by atoms with Crippen LogP contribution >= 0.6 is 0 Å². The number of nitrogens with one attached hydrogen (secondary N) is 2. The van der Waals surface area contributed by atoms with Crippen molar-refractivity contribution in [3.8, 4) is 11.3 Å². The Kier molecular flexibility index (Phi) is 4.92. The third-order valence-corrected chi connectivity index (χ3v) is 5.21. The number of benzene rings is 2. The highest BCUT2D eigenvalue weighted by Gasteiger charge is 2.18. The molecule has 1 heterocycles. The van der Waals surface area contributed by atoms with Crippen LogP contribution in [0.25, 0.3) is 11.3 Å². The molecule has 130 valence electrons. The lowest BCUT2D eigenvalue weighted by atomic mass is 10.1. The summed E-state index contributed by atoms with van der Waals surface area (Å²) in [5, 5.41) is 3.07. The van der Waals surface area contributed by atoms with E-state index in [1.165, 1.54) is 0 Å². The molecule has 2 N–H and O–H groups in total. The normalized spacial score (nSPS) is 11.4. The van der Waals surface area contributed by atoms with Crippen molar-refractivity contribution < 1.29 is 12.8 Å². The fourth-order valence-corrected chi connectivity index (χ4v) is 3.63. The van der Waals surface area contributed by atoms with Crippen molar-refractivity contribution in [3.63, 3.8) is 0 Å². The zero-order valence-electron chi connectivity index (χ0n) is 14.1. The van der Waals surface area contributed by atoms with Crippen LogP contribution in [0.3, 0.4) is 0 Å². The third-order valence-electron chi connectivity index (χ3n) is 3.83. The van der Waals surface area contributed by atoms with E-state index in [0.717, 1.165) is 11.1 Å². The second-order valence-electron chi connectivity index (χ2n) is 5.81. The molecule has 0 radical (unpaired) electrons. The van der Waals surface area contributed by atoms with Crippen LogP contribution in [0.15, 0.2) is 70.2 Å². The van der Waals surface area contributed by atoms with Crippen LogP contribution < -0.4 is 10.0 Å². The summed E-state index contributed by atoms with van der Waals surface area (Å²) in [7, 11) is -1.84. The van der Waals surface area contributed by atoms with Gasteiger partial charge in [-0.05, 0) is 55.9 Å². The number of hydrogen-bond donors (Lipinski definition) is 2. The van der Waals surface area contributed by atoms with Crippen LogP contribution in [0.4, 0.5) is 5.69 Å². The van der Waals surface area contributed by atoms with Crippen molar-refractivity contribution in [2.24, 2.45) is 0 Å². The minimum absolute atomic E-state index is 0.225. The number of anilines is 1. The van der Waals surface area contributed by atoms with E-state index < -0.39 is 10.0 Å². The maximum Gasteiger partial charge on any atom is 0.261 e. The Labute approximate surface area is 147 Å². The second-order valence-corrected chi connectivity index (χ2v) is 7.49. The van der Waals surface area contributed by atoms with E-state index in [1.54, 1.807) is 42.7 Å². The van der Waals surface area contributed by atoms with Crippen molar-refractivity contribution in [2.45, 2.75) is 18.4 Å². The molecule has 0 unspecified atom stereocenters. The molecule has 0 aliphatic heterocycles. The minimum Gasteiger partial charge on any atom is -0.464 e. The summed E-state index contributed by atoms with van der Waals surface area (Å²) in [5.41, 5.74) is 3.16. The fraction of sp³-hybridized carbons (Fsp3) is 0.158. The Morgan fingerprint density at radius 2 is 1.80 bits per heavy atom. The highest BCUT2D eigenvalue weighted by molar-refractivity contribution is 7.92. The molecule has 0 aliphatic carbocycles. The lowest BCUT2D eigenvalue weighted by Gasteiger charge is -2.13. The zero-order valence-corrected chi connectivity index (χ0v) is 14.9. The van der Waals surface area contributed by atoms with E-state index in [9.17, 15) is 8.42 Å². The molecule has 0 saturated heterocycles. The summed E-state index contributed by atoms with van der Waals surface area (Å²) in [6.07, 6.45) is 1.56. The van der Waals surface area contributed by atoms with Gasteiger partial charge in [-0.1, -0.05) is 23.8 Å². The van der Waals surface area contributed by atoms with E-state index in [2.05, 4.69) is 10.0 Å². The van der Waals surface area contributed by atoms with E-state index in [1.807, 2.05) is 32.2 Å².